The van der Waals surface area contributed by atoms with Gasteiger partial charge in [0, 0.05) is 71.9 Å². The molecule has 5 fully saturated rings. The lowest BCUT2D eigenvalue weighted by Gasteiger charge is -2.31. The molecule has 2 aromatic heterocycles. The first-order valence-electron chi connectivity index (χ1n) is 38.6. The SMILES string of the molecule is COc1ccc2c(c1)C(=O)N(C[C@@]1(c3ccc(-c4cc(C)c5c(c4)CN=N5)cc3)NC(=O)NC1=O)C2.COc1ccc2c(c1)C(=O)N(C[C@@]1(c3ccc(-c4cc(C)c5c(cnn5CC5CC5)c4)cc3)NC(=O)NC1=O)C2.COc1ccc2c(c1)C(=O)N(C[C@@]1(c3ccc(-c4cc(C)c5nn(CC6CC6)cc5c4)cc3)NC(=O)NC1=O)C2. The van der Waals surface area contributed by atoms with Crippen LogP contribution in [0.15, 0.2) is 186 Å². The number of carbonyl (C=O) groups excluding carboxylic acids is 9. The number of azo groups is 1. The molecule has 11 aromatic rings. The van der Waals surface area contributed by atoms with E-state index < -0.39 is 52.4 Å². The van der Waals surface area contributed by atoms with E-state index in [9.17, 15) is 43.2 Å². The molecule has 20 rings (SSSR count). The van der Waals surface area contributed by atoms with Gasteiger partial charge in [0.1, 0.15) is 17.2 Å². The molecule has 3 atom stereocenters. The fourth-order valence-corrected chi connectivity index (χ4v) is 17.1. The standard InChI is InChI=1S/2C31H29N5O4.C27H23N5O4/c1-18-11-22(12-23-14-32-36(27(18)23)15-19-3-4-19)20-5-8-24(9-6-20)31(29(38)33-30(39)34-31)17-35-16-21-7-10-25(40-2)13-26(21)28(35)37;1-18-11-22(12-23-16-36(34-27(18)23)14-19-3-4-19)20-5-8-24(9-6-20)31(29(38)32-30(39)33-31)17-35-15-21-7-10-25(40-2)13-26(21)28(35)37;1-15-9-18(10-19-12-28-31-23(15)19)16-3-6-20(7-4-16)27(25(34)29-26(35)30-27)14-32-13-17-5-8-21(36-2)11-22(17)24(32)33/h5-14,19H,3-4,15-17H2,1-2H3,(H2,33,34,38,39);5-13,16,19H,3-4,14-15,17H2,1-2H3,(H2,32,33,38,39);3-11H,12-14H2,1-2H3,(H2,29,30,34,35)/t2*31-;27-/m000/s1. The molecule has 0 spiro atoms. The lowest BCUT2D eigenvalue weighted by atomic mass is 9.87. The highest BCUT2D eigenvalue weighted by Gasteiger charge is 2.54. The predicted octanol–water partition coefficient (Wildman–Crippen LogP) is 12.2. The molecule has 0 unspecified atom stereocenters. The maximum absolute atomic E-state index is 13.3. The van der Waals surface area contributed by atoms with Crippen molar-refractivity contribution >= 4 is 81.0 Å². The minimum atomic E-state index is -1.40. The third-order valence-electron chi connectivity index (χ3n) is 23.7. The second-order valence-electron chi connectivity index (χ2n) is 31.5. The lowest BCUT2D eigenvalue weighted by molar-refractivity contribution is -0.125. The molecule has 3 saturated heterocycles. The number of aromatic nitrogens is 4. The molecule has 0 radical (unpaired) electrons. The molecule has 7 aliphatic heterocycles. The van der Waals surface area contributed by atoms with E-state index >= 15 is 0 Å². The Labute approximate surface area is 665 Å². The van der Waals surface area contributed by atoms with E-state index in [0.717, 1.165) is 119 Å². The highest BCUT2D eigenvalue weighted by Crippen LogP contribution is 2.42. The molecule has 2 aliphatic carbocycles. The number of methoxy groups -OCH3 is 3. The first kappa shape index (κ1) is 73.6. The highest BCUT2D eigenvalue weighted by atomic mass is 16.5. The number of imide groups is 3. The van der Waals surface area contributed by atoms with Crippen LogP contribution in [-0.2, 0) is 70.3 Å². The van der Waals surface area contributed by atoms with Crippen molar-refractivity contribution < 1.29 is 57.4 Å². The van der Waals surface area contributed by atoms with Gasteiger partial charge in [0.05, 0.1) is 70.4 Å². The number of fused-ring (bicyclic) bond motifs is 6. The summed E-state index contributed by atoms with van der Waals surface area (Å²) in [6, 6.07) is 49.8. The summed E-state index contributed by atoms with van der Waals surface area (Å²) in [7, 11) is 4.65. The molecule has 9 heterocycles. The Balaban J connectivity index is 0.000000121. The van der Waals surface area contributed by atoms with E-state index in [0.29, 0.717) is 76.8 Å². The van der Waals surface area contributed by atoms with Crippen LogP contribution in [-0.4, -0.2) is 129 Å². The van der Waals surface area contributed by atoms with Crippen molar-refractivity contribution in [1.29, 1.82) is 0 Å². The maximum Gasteiger partial charge on any atom is 0.322 e. The van der Waals surface area contributed by atoms with Gasteiger partial charge in [0.2, 0.25) is 0 Å². The van der Waals surface area contributed by atoms with E-state index in [1.165, 1.54) is 31.2 Å². The second kappa shape index (κ2) is 28.7. The molecule has 27 nitrogen and oxygen atoms in total. The van der Waals surface area contributed by atoms with Crippen molar-refractivity contribution in [3.05, 3.63) is 249 Å². The summed E-state index contributed by atoms with van der Waals surface area (Å²) in [5.41, 5.74) is 15.4. The van der Waals surface area contributed by atoms with Gasteiger partial charge in [-0.25, -0.2) is 14.4 Å². The molecule has 2 saturated carbocycles. The summed E-state index contributed by atoms with van der Waals surface area (Å²) in [4.78, 5) is 121. The van der Waals surface area contributed by atoms with Gasteiger partial charge in [0.25, 0.3) is 35.4 Å². The zero-order valence-corrected chi connectivity index (χ0v) is 64.5. The zero-order valence-electron chi connectivity index (χ0n) is 64.5. The zero-order chi connectivity index (χ0) is 80.2. The van der Waals surface area contributed by atoms with Crippen molar-refractivity contribution in [3.8, 4) is 50.6 Å². The third-order valence-corrected chi connectivity index (χ3v) is 23.7. The second-order valence-corrected chi connectivity index (χ2v) is 31.5. The van der Waals surface area contributed by atoms with Crippen LogP contribution in [0.1, 0.15) is 112 Å². The smallest absolute Gasteiger partial charge is 0.322 e. The first-order chi connectivity index (χ1) is 56.0. The van der Waals surface area contributed by atoms with Crippen molar-refractivity contribution in [2.24, 2.45) is 22.1 Å². The van der Waals surface area contributed by atoms with Crippen LogP contribution < -0.4 is 46.1 Å². The Bertz CT molecular complexity index is 5880. The number of rotatable bonds is 19. The topological polar surface area (TPSA) is 324 Å². The highest BCUT2D eigenvalue weighted by molar-refractivity contribution is 6.11. The van der Waals surface area contributed by atoms with Crippen molar-refractivity contribution in [3.63, 3.8) is 0 Å². The number of hydrogen-bond acceptors (Lipinski definition) is 16. The fourth-order valence-electron chi connectivity index (χ4n) is 17.1. The Morgan fingerprint density at radius 2 is 0.819 bits per heavy atom. The largest absolute Gasteiger partial charge is 0.497 e. The molecule has 12 amide bonds. The van der Waals surface area contributed by atoms with Gasteiger partial charge in [-0.05, 0) is 215 Å². The summed E-state index contributed by atoms with van der Waals surface area (Å²) in [5, 5.41) is 35.5. The number of amides is 12. The van der Waals surface area contributed by atoms with Gasteiger partial charge in [0.15, 0.2) is 16.6 Å². The van der Waals surface area contributed by atoms with Gasteiger partial charge in [-0.1, -0.05) is 91.0 Å². The number of nitrogens with one attached hydrogen (secondary N) is 6. The van der Waals surface area contributed by atoms with E-state index in [2.05, 4.69) is 113 Å². The van der Waals surface area contributed by atoms with E-state index in [1.54, 1.807) is 60.3 Å². The molecule has 27 heteroatoms. The average Bonchev–Trinajstić information content (AvgIpc) is 1.63. The number of carbonyl (C=O) groups is 9. The molecule has 584 valence electrons. The Morgan fingerprint density at radius 1 is 0.422 bits per heavy atom. The van der Waals surface area contributed by atoms with Gasteiger partial charge in [-0.3, -0.25) is 54.1 Å². The fraction of sp³-hybridized carbons (Fsp3) is 0.270. The number of urea groups is 3. The first-order valence-corrected chi connectivity index (χ1v) is 38.6. The maximum atomic E-state index is 13.3. The Morgan fingerprint density at radius 3 is 1.22 bits per heavy atom. The van der Waals surface area contributed by atoms with E-state index in [4.69, 9.17) is 19.3 Å². The Kier molecular flexibility index (Phi) is 18.2. The van der Waals surface area contributed by atoms with Crippen LogP contribution in [0.2, 0.25) is 0 Å². The van der Waals surface area contributed by atoms with E-state index in [-0.39, 0.29) is 37.4 Å². The van der Waals surface area contributed by atoms with Gasteiger partial charge in [-0.15, -0.1) is 0 Å². The van der Waals surface area contributed by atoms with Crippen LogP contribution in [0, 0.1) is 32.6 Å². The molecule has 9 aliphatic rings. The van der Waals surface area contributed by atoms with Gasteiger partial charge < -0.3 is 44.9 Å². The molecular weight excluding hydrogens is 1470 g/mol. The summed E-state index contributed by atoms with van der Waals surface area (Å²) in [5.74, 6) is 1.19. The Hall–Kier alpha value is -13.9. The third kappa shape index (κ3) is 13.3. The van der Waals surface area contributed by atoms with Crippen molar-refractivity contribution in [1.82, 2.24) is 66.2 Å². The van der Waals surface area contributed by atoms with Crippen LogP contribution in [0.3, 0.4) is 0 Å². The van der Waals surface area contributed by atoms with E-state index in [1.807, 2.05) is 116 Å². The van der Waals surface area contributed by atoms with Crippen LogP contribution in [0.25, 0.3) is 55.2 Å². The molecule has 9 aromatic carbocycles. The summed E-state index contributed by atoms with van der Waals surface area (Å²) in [6.07, 6.45) is 9.15. The number of hydrogen-bond donors (Lipinski definition) is 6. The van der Waals surface area contributed by atoms with Crippen LogP contribution in [0.4, 0.5) is 20.1 Å². The number of aryl methyl sites for hydroxylation is 3. The molecular formula is C89H81N15O12. The quantitative estimate of drug-likeness (QED) is 0.0410. The summed E-state index contributed by atoms with van der Waals surface area (Å²) in [6.45, 7) is 9.72. The average molecular weight is 1550 g/mol. The van der Waals surface area contributed by atoms with Crippen molar-refractivity contribution in [2.45, 2.75) is 102 Å². The molecule has 0 bridgehead atoms. The summed E-state index contributed by atoms with van der Waals surface area (Å²) >= 11 is 0. The predicted molar refractivity (Wildman–Crippen MR) is 428 cm³/mol. The molecule has 6 N–H and O–H groups in total. The van der Waals surface area contributed by atoms with Crippen molar-refractivity contribution in [2.75, 3.05) is 41.0 Å². The monoisotopic (exact) mass is 1550 g/mol. The number of nitrogens with zero attached hydrogens (tertiary/aromatic N) is 9. The minimum Gasteiger partial charge on any atom is -0.497 e. The normalized spacial score (nSPS) is 20.1. The minimum absolute atomic E-state index is 0.000705. The van der Waals surface area contributed by atoms with Crippen LogP contribution in [0.5, 0.6) is 17.2 Å². The molecule has 116 heavy (non-hydrogen) atoms. The summed E-state index contributed by atoms with van der Waals surface area (Å²) < 4.78 is 20.0. The van der Waals surface area contributed by atoms with Gasteiger partial charge in [-0.2, -0.15) is 20.4 Å². The number of ether oxygens (including phenoxy) is 3. The van der Waals surface area contributed by atoms with Crippen LogP contribution >= 0.6 is 0 Å². The van der Waals surface area contributed by atoms with Gasteiger partial charge >= 0.3 is 18.1 Å². The lowest BCUT2D eigenvalue weighted by Crippen LogP contribution is -2.52. The number of benzene rings is 9.